The van der Waals surface area contributed by atoms with E-state index < -0.39 is 36.2 Å². The van der Waals surface area contributed by atoms with Gasteiger partial charge in [0.25, 0.3) is 0 Å². The van der Waals surface area contributed by atoms with Gasteiger partial charge in [-0.1, -0.05) is 25.7 Å². The van der Waals surface area contributed by atoms with Gasteiger partial charge in [0.05, 0.1) is 18.5 Å². The molecular formula is C21H37N3O4SSi. The fourth-order valence-electron chi connectivity index (χ4n) is 3.39. The molecule has 1 aromatic heterocycles. The van der Waals surface area contributed by atoms with Gasteiger partial charge in [-0.2, -0.15) is 0 Å². The van der Waals surface area contributed by atoms with E-state index in [1.807, 2.05) is 43.9 Å². The van der Waals surface area contributed by atoms with Gasteiger partial charge >= 0.3 is 5.97 Å². The Morgan fingerprint density at radius 3 is 2.67 bits per heavy atom. The molecule has 0 aromatic carbocycles. The second-order valence-corrected chi connectivity index (χ2v) is 17.8. The number of aromatic nitrogens is 1. The molecule has 1 aromatic rings. The summed E-state index contributed by atoms with van der Waals surface area (Å²) in [5.74, 6) is -0.879. The van der Waals surface area contributed by atoms with E-state index in [1.54, 1.807) is 6.20 Å². The van der Waals surface area contributed by atoms with E-state index in [2.05, 4.69) is 29.3 Å². The summed E-state index contributed by atoms with van der Waals surface area (Å²) < 4.78 is 21.5. The molecule has 2 N–H and O–H groups in total. The molecule has 0 saturated carbocycles. The Kier molecular flexibility index (Phi) is 8.90. The Hall–Kier alpha value is -0.973. The van der Waals surface area contributed by atoms with Crippen molar-refractivity contribution in [3.05, 3.63) is 30.1 Å². The van der Waals surface area contributed by atoms with Gasteiger partial charge in [0.15, 0.2) is 0 Å². The maximum Gasteiger partial charge on any atom is 0.320 e. The number of carboxylic acids is 1. The first kappa shape index (κ1) is 25.3. The zero-order valence-electron chi connectivity index (χ0n) is 19.1. The van der Waals surface area contributed by atoms with E-state index in [0.717, 1.165) is 11.7 Å². The molecule has 4 atom stereocenters. The normalized spacial score (nSPS) is 22.8. The van der Waals surface area contributed by atoms with Crippen LogP contribution in [-0.2, 0) is 20.9 Å². The number of carboxylic acid groups (broad SMARTS) is 1. The van der Waals surface area contributed by atoms with E-state index in [0.29, 0.717) is 26.3 Å². The van der Waals surface area contributed by atoms with Crippen LogP contribution in [0.3, 0.4) is 0 Å². The topological polar surface area (TPSA) is 97.8 Å². The number of hydrogen-bond acceptors (Lipinski definition) is 6. The van der Waals surface area contributed by atoms with E-state index in [9.17, 15) is 14.5 Å². The smallest absolute Gasteiger partial charge is 0.320 e. The summed E-state index contributed by atoms with van der Waals surface area (Å²) in [5, 5.41) is 9.76. The second kappa shape index (κ2) is 10.6. The molecule has 2 heterocycles. The highest BCUT2D eigenvalue weighted by atomic mass is 32.2. The second-order valence-electron chi connectivity index (χ2n) is 10.2. The lowest BCUT2D eigenvalue weighted by molar-refractivity contribution is -0.144. The molecule has 1 fully saturated rings. The van der Waals surface area contributed by atoms with Crippen molar-refractivity contribution in [1.29, 1.82) is 0 Å². The molecule has 1 aliphatic rings. The average molecular weight is 456 g/mol. The van der Waals surface area contributed by atoms with E-state index >= 15 is 0 Å². The van der Waals surface area contributed by atoms with Crippen molar-refractivity contribution in [3.63, 3.8) is 0 Å². The van der Waals surface area contributed by atoms with Crippen molar-refractivity contribution >= 4 is 25.4 Å². The molecular weight excluding hydrogens is 418 g/mol. The van der Waals surface area contributed by atoms with Crippen LogP contribution in [0.25, 0.3) is 0 Å². The largest absolute Gasteiger partial charge is 0.598 e. The highest BCUT2D eigenvalue weighted by molar-refractivity contribution is 7.90. The third-order valence-electron chi connectivity index (χ3n) is 5.24. The third-order valence-corrected chi connectivity index (χ3v) is 8.53. The van der Waals surface area contributed by atoms with Crippen LogP contribution in [-0.4, -0.2) is 64.3 Å². The molecule has 4 unspecified atom stereocenters. The summed E-state index contributed by atoms with van der Waals surface area (Å²) in [6.45, 7) is 14.1. The minimum absolute atomic E-state index is 0.0344. The predicted octanol–water partition coefficient (Wildman–Crippen LogP) is 3.26. The van der Waals surface area contributed by atoms with Gasteiger partial charge in [-0.05, 0) is 51.3 Å². The summed E-state index contributed by atoms with van der Waals surface area (Å²) in [4.78, 5) is 18.3. The van der Waals surface area contributed by atoms with Crippen LogP contribution < -0.4 is 4.72 Å². The third kappa shape index (κ3) is 7.62. The van der Waals surface area contributed by atoms with E-state index in [4.69, 9.17) is 4.74 Å². The Bertz CT molecular complexity index is 681. The first-order valence-corrected chi connectivity index (χ1v) is 15.4. The maximum absolute atomic E-state index is 12.8. The number of pyridine rings is 1. The number of nitrogens with zero attached hydrogens (tertiary/aromatic N) is 2. The van der Waals surface area contributed by atoms with Crippen LogP contribution in [0.1, 0.15) is 38.9 Å². The van der Waals surface area contributed by atoms with Crippen molar-refractivity contribution in [3.8, 4) is 0 Å². The van der Waals surface area contributed by atoms with Gasteiger partial charge < -0.3 is 14.4 Å². The highest BCUT2D eigenvalue weighted by Gasteiger charge is 2.43. The predicted molar refractivity (Wildman–Crippen MR) is 123 cm³/mol. The zero-order valence-corrected chi connectivity index (χ0v) is 20.9. The highest BCUT2D eigenvalue weighted by Crippen LogP contribution is 2.34. The molecule has 30 heavy (non-hydrogen) atoms. The van der Waals surface area contributed by atoms with Crippen LogP contribution >= 0.6 is 0 Å². The standard InChI is InChI=1S/C21H37N3O4SSi/c1-21(2,3)29(27)23-19(17-9-7-8-10-22-17)16-13-18(20(25)26)24(14-16)15-28-11-12-30(4,5)6/h7-10,16,18-19,23H,11-15H2,1-6H3,(H,25,26). The van der Waals surface area contributed by atoms with Gasteiger partial charge in [-0.3, -0.25) is 14.7 Å². The molecule has 2 rings (SSSR count). The Morgan fingerprint density at radius 1 is 1.43 bits per heavy atom. The molecule has 0 amide bonds. The maximum atomic E-state index is 12.8. The SMILES string of the molecule is CC(C)(C)[S+]([O-])NC(c1ccccn1)C1CC(C(=O)O)N(COCC[Si](C)(C)C)C1. The Morgan fingerprint density at radius 2 is 2.13 bits per heavy atom. The lowest BCUT2D eigenvalue weighted by atomic mass is 9.94. The summed E-state index contributed by atoms with van der Waals surface area (Å²) >= 11 is -1.30. The minimum Gasteiger partial charge on any atom is -0.598 e. The molecule has 0 bridgehead atoms. The van der Waals surface area contributed by atoms with Gasteiger partial charge in [-0.25, -0.2) is 0 Å². The first-order valence-electron chi connectivity index (χ1n) is 10.5. The van der Waals surface area contributed by atoms with Gasteiger partial charge in [-0.15, -0.1) is 4.72 Å². The van der Waals surface area contributed by atoms with Gasteiger partial charge in [0.2, 0.25) is 0 Å². The molecule has 1 saturated heterocycles. The zero-order chi connectivity index (χ0) is 22.5. The Labute approximate surface area is 184 Å². The van der Waals surface area contributed by atoms with E-state index in [-0.39, 0.29) is 12.0 Å². The summed E-state index contributed by atoms with van der Waals surface area (Å²) in [6.07, 6.45) is 2.17. The molecule has 9 heteroatoms. The van der Waals surface area contributed by atoms with Crippen LogP contribution in [0.4, 0.5) is 0 Å². The Balaban J connectivity index is 2.13. The average Bonchev–Trinajstić information content (AvgIpc) is 3.06. The fourth-order valence-corrected chi connectivity index (χ4v) is 5.04. The van der Waals surface area contributed by atoms with Crippen molar-refractivity contribution in [2.75, 3.05) is 19.9 Å². The van der Waals surface area contributed by atoms with Crippen molar-refractivity contribution in [1.82, 2.24) is 14.6 Å². The van der Waals surface area contributed by atoms with Crippen LogP contribution in [0.5, 0.6) is 0 Å². The quantitative estimate of drug-likeness (QED) is 0.317. The first-order chi connectivity index (χ1) is 13.9. The fraction of sp³-hybridized carbons (Fsp3) is 0.714. The minimum atomic E-state index is -1.30. The molecule has 170 valence electrons. The molecule has 0 radical (unpaired) electrons. The molecule has 0 spiro atoms. The van der Waals surface area contributed by atoms with Crippen molar-refractivity contribution < 1.29 is 19.2 Å². The van der Waals surface area contributed by atoms with Crippen LogP contribution in [0.15, 0.2) is 24.4 Å². The number of hydrogen-bond donors (Lipinski definition) is 2. The van der Waals surface area contributed by atoms with E-state index in [1.165, 1.54) is 0 Å². The number of likely N-dealkylation sites (tertiary alicyclic amines) is 1. The summed E-state index contributed by atoms with van der Waals surface area (Å²) in [6, 6.07) is 5.79. The number of rotatable bonds is 10. The summed E-state index contributed by atoms with van der Waals surface area (Å²) in [7, 11) is -1.20. The van der Waals surface area contributed by atoms with Gasteiger partial charge in [0, 0.05) is 38.8 Å². The van der Waals surface area contributed by atoms with Crippen molar-refractivity contribution in [2.24, 2.45) is 5.92 Å². The number of nitrogens with one attached hydrogen (secondary N) is 1. The van der Waals surface area contributed by atoms with Crippen molar-refractivity contribution in [2.45, 2.75) is 69.7 Å². The number of aliphatic carboxylic acids is 1. The lowest BCUT2D eigenvalue weighted by Crippen LogP contribution is -2.44. The lowest BCUT2D eigenvalue weighted by Gasteiger charge is -2.30. The molecule has 0 aliphatic carbocycles. The number of ether oxygens (including phenoxy) is 1. The van der Waals surface area contributed by atoms with Crippen LogP contribution in [0, 0.1) is 5.92 Å². The monoisotopic (exact) mass is 455 g/mol. The van der Waals surface area contributed by atoms with Crippen LogP contribution in [0.2, 0.25) is 25.7 Å². The molecule has 1 aliphatic heterocycles. The molecule has 7 nitrogen and oxygen atoms in total. The number of carbonyl (C=O) groups is 1. The van der Waals surface area contributed by atoms with Gasteiger partial charge in [0.1, 0.15) is 10.8 Å². The summed E-state index contributed by atoms with van der Waals surface area (Å²) in [5.41, 5.74) is 0.783.